The highest BCUT2D eigenvalue weighted by atomic mass is 19.2. The van der Waals surface area contributed by atoms with Gasteiger partial charge in [-0.2, -0.15) is 4.39 Å². The predicted octanol–water partition coefficient (Wildman–Crippen LogP) is 8.91. The Morgan fingerprint density at radius 3 is 2.20 bits per heavy atom. The summed E-state index contributed by atoms with van der Waals surface area (Å²) >= 11 is 0. The number of hydrogen-bond acceptors (Lipinski definition) is 2. The highest BCUT2D eigenvalue weighted by molar-refractivity contribution is 5.71. The number of benzene rings is 3. The Hall–Kier alpha value is -2.98. The molecule has 2 nitrogen and oxygen atoms in total. The van der Waals surface area contributed by atoms with Gasteiger partial charge in [-0.15, -0.1) is 0 Å². The SMILES string of the molecule is C/C=C/CCC1CCC(c2ccc(-c3ccc(-c4ccc(OCCC)c(F)c4F)cc3)cc2)OC1. The van der Waals surface area contributed by atoms with E-state index in [0.717, 1.165) is 37.0 Å². The second-order valence-electron chi connectivity index (χ2n) is 9.20. The largest absolute Gasteiger partial charge is 0.490 e. The highest BCUT2D eigenvalue weighted by Gasteiger charge is 2.22. The minimum absolute atomic E-state index is 0.0454. The number of rotatable bonds is 9. The molecule has 1 aliphatic heterocycles. The average molecular weight is 477 g/mol. The average Bonchev–Trinajstić information content (AvgIpc) is 2.90. The zero-order chi connectivity index (χ0) is 24.6. The molecule has 35 heavy (non-hydrogen) atoms. The summed E-state index contributed by atoms with van der Waals surface area (Å²) in [6, 6.07) is 19.1. The van der Waals surface area contributed by atoms with Crippen molar-refractivity contribution in [1.82, 2.24) is 0 Å². The van der Waals surface area contributed by atoms with E-state index in [4.69, 9.17) is 9.47 Å². The monoisotopic (exact) mass is 476 g/mol. The standard InChI is InChI=1S/C31H34F2O2/c1-3-5-6-7-22-8-18-28(35-21-22)26-15-11-24(12-16-26)23-9-13-25(14-10-23)27-17-19-29(34-20-4-2)31(33)30(27)32/h3,5,9-17,19,22,28H,4,6-8,18,20-21H2,1-2H3/b5-3+. The Kier molecular flexibility index (Phi) is 8.70. The Bertz CT molecular complexity index is 1110. The molecule has 0 aromatic heterocycles. The van der Waals surface area contributed by atoms with Crippen LogP contribution in [-0.4, -0.2) is 13.2 Å². The molecule has 1 saturated heterocycles. The Morgan fingerprint density at radius 2 is 1.57 bits per heavy atom. The lowest BCUT2D eigenvalue weighted by Crippen LogP contribution is -2.20. The normalized spacial score (nSPS) is 18.2. The van der Waals surface area contributed by atoms with Gasteiger partial charge in [-0.3, -0.25) is 0 Å². The molecule has 4 heteroatoms. The molecular weight excluding hydrogens is 442 g/mol. The fourth-order valence-corrected chi connectivity index (χ4v) is 4.61. The van der Waals surface area contributed by atoms with Crippen LogP contribution in [0.15, 0.2) is 72.8 Å². The second-order valence-corrected chi connectivity index (χ2v) is 9.20. The van der Waals surface area contributed by atoms with Crippen LogP contribution >= 0.6 is 0 Å². The van der Waals surface area contributed by atoms with Crippen molar-refractivity contribution in [2.24, 2.45) is 5.92 Å². The third-order valence-electron chi connectivity index (χ3n) is 6.67. The van der Waals surface area contributed by atoms with Crippen LogP contribution in [0.2, 0.25) is 0 Å². The lowest BCUT2D eigenvalue weighted by atomic mass is 9.91. The van der Waals surface area contributed by atoms with Gasteiger partial charge in [0.05, 0.1) is 19.3 Å². The summed E-state index contributed by atoms with van der Waals surface area (Å²) in [6.07, 6.45) is 9.81. The van der Waals surface area contributed by atoms with Crippen molar-refractivity contribution >= 4 is 0 Å². The molecule has 0 amide bonds. The Morgan fingerprint density at radius 1 is 0.886 bits per heavy atom. The molecule has 0 N–H and O–H groups in total. The molecule has 0 spiro atoms. The van der Waals surface area contributed by atoms with Gasteiger partial charge < -0.3 is 9.47 Å². The smallest absolute Gasteiger partial charge is 0.201 e. The summed E-state index contributed by atoms with van der Waals surface area (Å²) < 4.78 is 40.5. The molecule has 1 aliphatic rings. The molecule has 1 heterocycles. The zero-order valence-corrected chi connectivity index (χ0v) is 20.6. The second kappa shape index (κ2) is 12.1. The van der Waals surface area contributed by atoms with Crippen molar-refractivity contribution < 1.29 is 18.3 Å². The van der Waals surface area contributed by atoms with Crippen LogP contribution < -0.4 is 4.74 Å². The van der Waals surface area contributed by atoms with E-state index < -0.39 is 11.6 Å². The molecule has 0 saturated carbocycles. The van der Waals surface area contributed by atoms with Gasteiger partial charge in [-0.25, -0.2) is 4.39 Å². The molecule has 1 fully saturated rings. The van der Waals surface area contributed by atoms with Gasteiger partial charge in [0.25, 0.3) is 0 Å². The maximum Gasteiger partial charge on any atom is 0.201 e. The summed E-state index contributed by atoms with van der Waals surface area (Å²) in [7, 11) is 0. The molecule has 3 aromatic rings. The molecule has 4 rings (SSSR count). The molecule has 2 unspecified atom stereocenters. The Labute approximate surface area is 207 Å². The van der Waals surface area contributed by atoms with E-state index >= 15 is 0 Å². The Balaban J connectivity index is 1.40. The predicted molar refractivity (Wildman–Crippen MR) is 138 cm³/mol. The molecule has 3 aromatic carbocycles. The maximum absolute atomic E-state index is 14.7. The molecular formula is C31H34F2O2. The number of allylic oxidation sites excluding steroid dienone is 2. The van der Waals surface area contributed by atoms with E-state index in [1.807, 2.05) is 31.2 Å². The van der Waals surface area contributed by atoms with Crippen molar-refractivity contribution in [3.8, 4) is 28.0 Å². The van der Waals surface area contributed by atoms with E-state index in [2.05, 4.69) is 43.3 Å². The van der Waals surface area contributed by atoms with E-state index in [-0.39, 0.29) is 17.4 Å². The van der Waals surface area contributed by atoms with Crippen LogP contribution in [0.3, 0.4) is 0 Å². The van der Waals surface area contributed by atoms with Gasteiger partial charge in [0.15, 0.2) is 11.6 Å². The number of halogens is 2. The van der Waals surface area contributed by atoms with E-state index in [1.54, 1.807) is 6.07 Å². The van der Waals surface area contributed by atoms with Crippen LogP contribution in [0.25, 0.3) is 22.3 Å². The third kappa shape index (κ3) is 6.18. The van der Waals surface area contributed by atoms with Crippen LogP contribution in [-0.2, 0) is 4.74 Å². The molecule has 0 radical (unpaired) electrons. The van der Waals surface area contributed by atoms with Crippen LogP contribution in [0, 0.1) is 17.6 Å². The molecule has 2 atom stereocenters. The van der Waals surface area contributed by atoms with Crippen LogP contribution in [0.4, 0.5) is 8.78 Å². The first-order chi connectivity index (χ1) is 17.1. The van der Waals surface area contributed by atoms with Crippen LogP contribution in [0.5, 0.6) is 5.75 Å². The van der Waals surface area contributed by atoms with E-state index in [9.17, 15) is 8.78 Å². The first-order valence-electron chi connectivity index (χ1n) is 12.6. The summed E-state index contributed by atoms with van der Waals surface area (Å²) in [5.74, 6) is -1.22. The lowest BCUT2D eigenvalue weighted by molar-refractivity contribution is -0.0190. The molecule has 184 valence electrons. The lowest BCUT2D eigenvalue weighted by Gasteiger charge is -2.29. The number of ether oxygens (including phenoxy) is 2. The summed E-state index contributed by atoms with van der Waals surface area (Å²) in [4.78, 5) is 0. The topological polar surface area (TPSA) is 18.5 Å². The molecule has 0 aliphatic carbocycles. The van der Waals surface area contributed by atoms with E-state index in [1.165, 1.54) is 24.5 Å². The van der Waals surface area contributed by atoms with Crippen molar-refractivity contribution in [3.05, 3.63) is 90.0 Å². The number of hydrogen-bond donors (Lipinski definition) is 0. The zero-order valence-electron chi connectivity index (χ0n) is 20.6. The maximum atomic E-state index is 14.7. The van der Waals surface area contributed by atoms with Crippen molar-refractivity contribution in [3.63, 3.8) is 0 Å². The van der Waals surface area contributed by atoms with Crippen molar-refractivity contribution in [2.75, 3.05) is 13.2 Å². The first kappa shape index (κ1) is 25.1. The first-order valence-corrected chi connectivity index (χ1v) is 12.6. The van der Waals surface area contributed by atoms with Gasteiger partial charge in [-0.05, 0) is 79.3 Å². The van der Waals surface area contributed by atoms with Gasteiger partial charge >= 0.3 is 0 Å². The third-order valence-corrected chi connectivity index (χ3v) is 6.67. The fourth-order valence-electron chi connectivity index (χ4n) is 4.61. The summed E-state index contributed by atoms with van der Waals surface area (Å²) in [6.45, 7) is 5.17. The minimum Gasteiger partial charge on any atom is -0.490 e. The summed E-state index contributed by atoms with van der Waals surface area (Å²) in [5.41, 5.74) is 4.17. The van der Waals surface area contributed by atoms with Gasteiger partial charge in [0.2, 0.25) is 5.82 Å². The quantitative estimate of drug-likeness (QED) is 0.287. The van der Waals surface area contributed by atoms with Gasteiger partial charge in [0, 0.05) is 5.56 Å². The van der Waals surface area contributed by atoms with Crippen molar-refractivity contribution in [2.45, 2.75) is 52.1 Å². The van der Waals surface area contributed by atoms with Crippen molar-refractivity contribution in [1.29, 1.82) is 0 Å². The fraction of sp³-hybridized carbons (Fsp3) is 0.355. The molecule has 0 bridgehead atoms. The van der Waals surface area contributed by atoms with Gasteiger partial charge in [0.1, 0.15) is 0 Å². The highest BCUT2D eigenvalue weighted by Crippen LogP contribution is 2.34. The van der Waals surface area contributed by atoms with E-state index in [0.29, 0.717) is 18.1 Å². The van der Waals surface area contributed by atoms with Gasteiger partial charge in [-0.1, -0.05) is 67.6 Å². The summed E-state index contributed by atoms with van der Waals surface area (Å²) in [5, 5.41) is 0. The van der Waals surface area contributed by atoms with Crippen LogP contribution in [0.1, 0.15) is 57.6 Å². The minimum atomic E-state index is -0.940.